The van der Waals surface area contributed by atoms with Gasteiger partial charge in [0.15, 0.2) is 0 Å². The van der Waals surface area contributed by atoms with Crippen molar-refractivity contribution in [1.82, 2.24) is 4.90 Å². The van der Waals surface area contributed by atoms with Crippen LogP contribution >= 0.6 is 35.0 Å². The summed E-state index contributed by atoms with van der Waals surface area (Å²) in [6, 6.07) is 13.1. The Kier molecular flexibility index (Phi) is 13.8. The standard InChI is InChI=1S/C18H29NO.C12H15IO.ClH/c1-4-10-19(11-5-2)14-15-6-7-17-13-18(20-3)9-8-16(17)12-15;1-14-12-5-4-10-6-9(8-13)2-3-11(10)7-12;/h8-9,13,15H,4-7,10-12,14H2,1-3H3;4-5,7,9H,2-3,6,8H2,1H3;1H. The predicted octanol–water partition coefficient (Wildman–Crippen LogP) is 7.58. The highest BCUT2D eigenvalue weighted by atomic mass is 127. The Balaban J connectivity index is 0.000000254. The second kappa shape index (κ2) is 16.0. The van der Waals surface area contributed by atoms with Crippen LogP contribution < -0.4 is 9.47 Å². The van der Waals surface area contributed by atoms with Gasteiger partial charge in [-0.3, -0.25) is 0 Å². The van der Waals surface area contributed by atoms with Gasteiger partial charge < -0.3 is 14.4 Å². The number of ether oxygens (including phenoxy) is 2. The molecule has 0 N–H and O–H groups in total. The van der Waals surface area contributed by atoms with E-state index in [2.05, 4.69) is 77.7 Å². The molecule has 0 saturated carbocycles. The highest BCUT2D eigenvalue weighted by Crippen LogP contribution is 2.30. The minimum Gasteiger partial charge on any atom is -0.497 e. The maximum atomic E-state index is 5.33. The lowest BCUT2D eigenvalue weighted by Crippen LogP contribution is -2.33. The maximum Gasteiger partial charge on any atom is 0.119 e. The minimum absolute atomic E-state index is 0. The zero-order valence-electron chi connectivity index (χ0n) is 22.2. The number of benzene rings is 2. The van der Waals surface area contributed by atoms with Crippen molar-refractivity contribution < 1.29 is 9.47 Å². The Bertz CT molecular complexity index is 885. The second-order valence-electron chi connectivity index (χ2n) is 9.94. The highest BCUT2D eigenvalue weighted by molar-refractivity contribution is 14.1. The van der Waals surface area contributed by atoms with Crippen LogP contribution in [0.4, 0.5) is 0 Å². The van der Waals surface area contributed by atoms with E-state index in [1.54, 1.807) is 14.2 Å². The van der Waals surface area contributed by atoms with Gasteiger partial charge in [-0.15, -0.1) is 12.4 Å². The normalized spacial score (nSPS) is 18.5. The van der Waals surface area contributed by atoms with Crippen LogP contribution in [0.5, 0.6) is 11.5 Å². The summed E-state index contributed by atoms with van der Waals surface area (Å²) in [6.45, 7) is 8.34. The van der Waals surface area contributed by atoms with Gasteiger partial charge >= 0.3 is 0 Å². The van der Waals surface area contributed by atoms with E-state index < -0.39 is 0 Å². The molecule has 5 heteroatoms. The first-order valence-electron chi connectivity index (χ1n) is 13.2. The molecule has 0 fully saturated rings. The third kappa shape index (κ3) is 9.12. The quantitative estimate of drug-likeness (QED) is 0.215. The van der Waals surface area contributed by atoms with E-state index in [1.807, 2.05) is 0 Å². The molecule has 2 unspecified atom stereocenters. The molecule has 0 bridgehead atoms. The van der Waals surface area contributed by atoms with Crippen LogP contribution in [0.25, 0.3) is 0 Å². The molecule has 0 amide bonds. The van der Waals surface area contributed by atoms with Gasteiger partial charge in [0, 0.05) is 11.0 Å². The second-order valence-corrected chi connectivity index (χ2v) is 10.8. The highest BCUT2D eigenvalue weighted by Gasteiger charge is 2.21. The Labute approximate surface area is 233 Å². The summed E-state index contributed by atoms with van der Waals surface area (Å²) in [7, 11) is 3.49. The number of hydrogen-bond acceptors (Lipinski definition) is 3. The minimum atomic E-state index is 0. The molecule has 3 nitrogen and oxygen atoms in total. The molecule has 196 valence electrons. The van der Waals surface area contributed by atoms with Crippen LogP contribution in [-0.4, -0.2) is 43.2 Å². The molecule has 0 aliphatic heterocycles. The molecule has 0 saturated heterocycles. The average Bonchev–Trinajstić information content (AvgIpc) is 2.88. The van der Waals surface area contributed by atoms with Crippen molar-refractivity contribution in [2.24, 2.45) is 11.8 Å². The third-order valence-electron chi connectivity index (χ3n) is 7.30. The van der Waals surface area contributed by atoms with Crippen LogP contribution in [0, 0.1) is 11.8 Å². The van der Waals surface area contributed by atoms with Crippen molar-refractivity contribution in [3.8, 4) is 11.5 Å². The van der Waals surface area contributed by atoms with Gasteiger partial charge in [0.1, 0.15) is 11.5 Å². The monoisotopic (exact) mass is 613 g/mol. The number of aryl methyl sites for hydroxylation is 2. The molecule has 2 aromatic rings. The van der Waals surface area contributed by atoms with Gasteiger partial charge in [0.25, 0.3) is 0 Å². The zero-order chi connectivity index (χ0) is 24.3. The third-order valence-corrected chi connectivity index (χ3v) is 8.55. The number of hydrogen-bond donors (Lipinski definition) is 0. The van der Waals surface area contributed by atoms with Gasteiger partial charge in [-0.05, 0) is 123 Å². The van der Waals surface area contributed by atoms with Crippen LogP contribution in [-0.2, 0) is 25.7 Å². The van der Waals surface area contributed by atoms with E-state index in [0.717, 1.165) is 23.3 Å². The SMILES string of the molecule is CCCN(CCC)CC1CCc2cc(OC)ccc2C1.COc1ccc2c(c1)CCC(CI)C2.Cl. The van der Waals surface area contributed by atoms with Crippen LogP contribution in [0.3, 0.4) is 0 Å². The summed E-state index contributed by atoms with van der Waals surface area (Å²) in [5.74, 6) is 3.71. The van der Waals surface area contributed by atoms with Crippen LogP contribution in [0.15, 0.2) is 36.4 Å². The van der Waals surface area contributed by atoms with Crippen molar-refractivity contribution >= 4 is 35.0 Å². The summed E-state index contributed by atoms with van der Waals surface area (Å²) >= 11 is 2.49. The van der Waals surface area contributed by atoms with Crippen molar-refractivity contribution in [2.45, 2.75) is 65.2 Å². The molecule has 4 rings (SSSR count). The van der Waals surface area contributed by atoms with E-state index >= 15 is 0 Å². The van der Waals surface area contributed by atoms with E-state index in [0.29, 0.717) is 0 Å². The number of alkyl halides is 1. The Morgan fingerprint density at radius 1 is 0.771 bits per heavy atom. The number of halogens is 2. The fourth-order valence-electron chi connectivity index (χ4n) is 5.45. The van der Waals surface area contributed by atoms with Gasteiger partial charge in [0.2, 0.25) is 0 Å². The molecule has 2 aromatic carbocycles. The van der Waals surface area contributed by atoms with Gasteiger partial charge in [-0.1, -0.05) is 48.6 Å². The molecule has 0 heterocycles. The molecule has 0 radical (unpaired) electrons. The molecular weight excluding hydrogens is 569 g/mol. The molecule has 2 atom stereocenters. The molecule has 35 heavy (non-hydrogen) atoms. The summed E-state index contributed by atoms with van der Waals surface area (Å²) in [5, 5.41) is 0. The predicted molar refractivity (Wildman–Crippen MR) is 160 cm³/mol. The topological polar surface area (TPSA) is 21.7 Å². The molecular formula is C30H45ClINO2. The summed E-state index contributed by atoms with van der Waals surface area (Å²) in [6.07, 6.45) is 10.1. The largest absolute Gasteiger partial charge is 0.497 e. The van der Waals surface area contributed by atoms with E-state index in [-0.39, 0.29) is 12.4 Å². The lowest BCUT2D eigenvalue weighted by atomic mass is 9.83. The molecule has 2 aliphatic carbocycles. The number of methoxy groups -OCH3 is 2. The molecule has 2 aliphatic rings. The van der Waals surface area contributed by atoms with Crippen molar-refractivity contribution in [3.63, 3.8) is 0 Å². The summed E-state index contributed by atoms with van der Waals surface area (Å²) in [4.78, 5) is 2.65. The number of nitrogens with zero attached hydrogens (tertiary/aromatic N) is 1. The zero-order valence-corrected chi connectivity index (χ0v) is 25.1. The molecule has 0 spiro atoms. The number of fused-ring (bicyclic) bond motifs is 2. The Morgan fingerprint density at radius 2 is 1.26 bits per heavy atom. The fraction of sp³-hybridized carbons (Fsp3) is 0.600. The Morgan fingerprint density at radius 3 is 1.71 bits per heavy atom. The summed E-state index contributed by atoms with van der Waals surface area (Å²) in [5.41, 5.74) is 6.05. The number of rotatable bonds is 9. The van der Waals surface area contributed by atoms with Crippen molar-refractivity contribution in [2.75, 3.05) is 38.3 Å². The van der Waals surface area contributed by atoms with Gasteiger partial charge in [0.05, 0.1) is 14.2 Å². The first kappa shape index (κ1) is 30.2. The van der Waals surface area contributed by atoms with Gasteiger partial charge in [-0.2, -0.15) is 0 Å². The smallest absolute Gasteiger partial charge is 0.119 e. The molecule has 0 aromatic heterocycles. The van der Waals surface area contributed by atoms with Crippen LogP contribution in [0.1, 0.15) is 61.8 Å². The van der Waals surface area contributed by atoms with Crippen LogP contribution in [0.2, 0.25) is 0 Å². The summed E-state index contributed by atoms with van der Waals surface area (Å²) < 4.78 is 11.8. The van der Waals surface area contributed by atoms with E-state index in [1.165, 1.54) is 97.7 Å². The van der Waals surface area contributed by atoms with Gasteiger partial charge in [-0.25, -0.2) is 0 Å². The van der Waals surface area contributed by atoms with E-state index in [4.69, 9.17) is 9.47 Å². The first-order valence-corrected chi connectivity index (χ1v) is 14.7. The van der Waals surface area contributed by atoms with Crippen molar-refractivity contribution in [1.29, 1.82) is 0 Å². The maximum absolute atomic E-state index is 5.33. The lowest BCUT2D eigenvalue weighted by Gasteiger charge is -2.30. The Hall–Kier alpha value is -0.980. The fourth-order valence-corrected chi connectivity index (χ4v) is 6.20. The average molecular weight is 614 g/mol. The lowest BCUT2D eigenvalue weighted by molar-refractivity contribution is 0.220. The first-order chi connectivity index (χ1) is 16.6. The van der Waals surface area contributed by atoms with E-state index in [9.17, 15) is 0 Å². The van der Waals surface area contributed by atoms with Crippen molar-refractivity contribution in [3.05, 3.63) is 58.7 Å².